The highest BCUT2D eigenvalue weighted by Gasteiger charge is 2.27. The first-order valence-electron chi connectivity index (χ1n) is 7.99. The zero-order valence-corrected chi connectivity index (χ0v) is 13.0. The predicted molar refractivity (Wildman–Crippen MR) is 86.7 cm³/mol. The van der Waals surface area contributed by atoms with E-state index in [9.17, 15) is 4.79 Å². The van der Waals surface area contributed by atoms with Crippen molar-refractivity contribution in [3.8, 4) is 0 Å². The number of para-hydroxylation sites is 2. The van der Waals surface area contributed by atoms with Gasteiger partial charge < -0.3 is 15.1 Å². The Kier molecular flexibility index (Phi) is 4.04. The molecular formula is C17H25N3O. The number of nitrogens with one attached hydrogen (secondary N) is 1. The summed E-state index contributed by atoms with van der Waals surface area (Å²) < 4.78 is 0. The van der Waals surface area contributed by atoms with Crippen molar-refractivity contribution in [1.29, 1.82) is 0 Å². The molecule has 3 rings (SSSR count). The largest absolute Gasteiger partial charge is 0.382 e. The molecular weight excluding hydrogens is 262 g/mol. The summed E-state index contributed by atoms with van der Waals surface area (Å²) in [5, 5.41) is 3.39. The van der Waals surface area contributed by atoms with Gasteiger partial charge in [-0.1, -0.05) is 26.0 Å². The molecule has 1 N–H and O–H groups in total. The van der Waals surface area contributed by atoms with Crippen molar-refractivity contribution in [3.05, 3.63) is 24.3 Å². The number of benzene rings is 1. The summed E-state index contributed by atoms with van der Waals surface area (Å²) >= 11 is 0. The van der Waals surface area contributed by atoms with E-state index in [-0.39, 0.29) is 5.91 Å². The molecule has 0 aromatic heterocycles. The van der Waals surface area contributed by atoms with Gasteiger partial charge >= 0.3 is 0 Å². The van der Waals surface area contributed by atoms with Gasteiger partial charge in [0.2, 0.25) is 5.91 Å². The van der Waals surface area contributed by atoms with E-state index in [1.165, 1.54) is 6.42 Å². The standard InChI is InChI=1S/C17H25N3O/c1-13-9-14(2)11-20(10-13)17(21)12-19-8-7-18-15-5-3-4-6-16(15)19/h3-6,13-14,18H,7-12H2,1-2H3. The lowest BCUT2D eigenvalue weighted by atomic mass is 9.92. The Morgan fingerprint density at radius 3 is 2.71 bits per heavy atom. The lowest BCUT2D eigenvalue weighted by Gasteiger charge is -2.38. The average Bonchev–Trinajstić information content (AvgIpc) is 2.46. The number of likely N-dealkylation sites (tertiary alicyclic amines) is 1. The van der Waals surface area contributed by atoms with E-state index in [0.717, 1.165) is 37.6 Å². The second kappa shape index (κ2) is 5.96. The van der Waals surface area contributed by atoms with E-state index in [1.807, 2.05) is 12.1 Å². The third kappa shape index (κ3) is 3.14. The van der Waals surface area contributed by atoms with E-state index in [2.05, 4.69) is 41.1 Å². The van der Waals surface area contributed by atoms with Crippen molar-refractivity contribution >= 4 is 17.3 Å². The minimum absolute atomic E-state index is 0.269. The van der Waals surface area contributed by atoms with Gasteiger partial charge in [-0.25, -0.2) is 0 Å². The lowest BCUT2D eigenvalue weighted by molar-refractivity contribution is -0.132. The van der Waals surface area contributed by atoms with E-state index in [4.69, 9.17) is 0 Å². The normalized spacial score (nSPS) is 25.2. The van der Waals surface area contributed by atoms with Crippen LogP contribution >= 0.6 is 0 Å². The Bertz CT molecular complexity index is 507. The second-order valence-electron chi connectivity index (χ2n) is 6.61. The van der Waals surface area contributed by atoms with Gasteiger partial charge in [-0.3, -0.25) is 4.79 Å². The van der Waals surface area contributed by atoms with Crippen LogP contribution in [0.4, 0.5) is 11.4 Å². The fourth-order valence-corrected chi connectivity index (χ4v) is 3.64. The van der Waals surface area contributed by atoms with Crippen molar-refractivity contribution in [2.45, 2.75) is 20.3 Å². The summed E-state index contributed by atoms with van der Waals surface area (Å²) in [6.45, 7) is 8.61. The number of nitrogens with zero attached hydrogens (tertiary/aromatic N) is 2. The third-order valence-corrected chi connectivity index (χ3v) is 4.49. The first-order chi connectivity index (χ1) is 10.1. The van der Waals surface area contributed by atoms with Crippen molar-refractivity contribution in [2.24, 2.45) is 11.8 Å². The molecule has 0 spiro atoms. The molecule has 2 heterocycles. The molecule has 114 valence electrons. The van der Waals surface area contributed by atoms with Crippen LogP contribution in [0.25, 0.3) is 0 Å². The smallest absolute Gasteiger partial charge is 0.242 e. The topological polar surface area (TPSA) is 35.6 Å². The number of rotatable bonds is 2. The Labute approximate surface area is 127 Å². The van der Waals surface area contributed by atoms with Gasteiger partial charge in [0.05, 0.1) is 17.9 Å². The minimum Gasteiger partial charge on any atom is -0.382 e. The third-order valence-electron chi connectivity index (χ3n) is 4.49. The molecule has 2 aliphatic heterocycles. The molecule has 2 aliphatic rings. The van der Waals surface area contributed by atoms with E-state index < -0.39 is 0 Å². The SMILES string of the molecule is CC1CC(C)CN(C(=O)CN2CCNc3ccccc32)C1. The maximum absolute atomic E-state index is 12.6. The van der Waals surface area contributed by atoms with Gasteiger partial charge in [-0.05, 0) is 30.4 Å². The molecule has 2 atom stereocenters. The van der Waals surface area contributed by atoms with Crippen molar-refractivity contribution < 1.29 is 4.79 Å². The summed E-state index contributed by atoms with van der Waals surface area (Å²) in [5.41, 5.74) is 2.28. The predicted octanol–water partition coefficient (Wildman–Crippen LogP) is 2.42. The average molecular weight is 287 g/mol. The van der Waals surface area contributed by atoms with Gasteiger partial charge in [0.15, 0.2) is 0 Å². The molecule has 4 nitrogen and oxygen atoms in total. The van der Waals surface area contributed by atoms with E-state index in [1.54, 1.807) is 0 Å². The highest BCUT2D eigenvalue weighted by Crippen LogP contribution is 2.28. The van der Waals surface area contributed by atoms with Crippen molar-refractivity contribution in [1.82, 2.24) is 4.90 Å². The van der Waals surface area contributed by atoms with Crippen LogP contribution in [0.3, 0.4) is 0 Å². The number of carbonyl (C=O) groups is 1. The fourth-order valence-electron chi connectivity index (χ4n) is 3.64. The Hall–Kier alpha value is -1.71. The summed E-state index contributed by atoms with van der Waals surface area (Å²) in [6, 6.07) is 8.24. The van der Waals surface area contributed by atoms with Crippen LogP contribution in [-0.4, -0.2) is 43.5 Å². The molecule has 0 radical (unpaired) electrons. The number of amides is 1. The van der Waals surface area contributed by atoms with E-state index in [0.29, 0.717) is 18.4 Å². The number of anilines is 2. The first kappa shape index (κ1) is 14.2. The molecule has 21 heavy (non-hydrogen) atoms. The summed E-state index contributed by atoms with van der Waals surface area (Å²) in [5.74, 6) is 1.51. The van der Waals surface area contributed by atoms with Gasteiger partial charge in [0.25, 0.3) is 0 Å². The lowest BCUT2D eigenvalue weighted by Crippen LogP contribution is -2.48. The highest BCUT2D eigenvalue weighted by atomic mass is 16.2. The Morgan fingerprint density at radius 2 is 1.95 bits per heavy atom. The maximum atomic E-state index is 12.6. The van der Waals surface area contributed by atoms with Crippen LogP contribution in [0.15, 0.2) is 24.3 Å². The Balaban J connectivity index is 1.68. The monoisotopic (exact) mass is 287 g/mol. The summed E-state index contributed by atoms with van der Waals surface area (Å²) in [7, 11) is 0. The number of fused-ring (bicyclic) bond motifs is 1. The van der Waals surface area contributed by atoms with Gasteiger partial charge in [-0.2, -0.15) is 0 Å². The summed E-state index contributed by atoms with van der Waals surface area (Å²) in [6.07, 6.45) is 1.24. The molecule has 0 saturated carbocycles. The van der Waals surface area contributed by atoms with Crippen LogP contribution in [0.1, 0.15) is 20.3 Å². The van der Waals surface area contributed by atoms with Crippen LogP contribution in [-0.2, 0) is 4.79 Å². The van der Waals surface area contributed by atoms with Crippen LogP contribution in [0.2, 0.25) is 0 Å². The Morgan fingerprint density at radius 1 is 1.24 bits per heavy atom. The van der Waals surface area contributed by atoms with E-state index >= 15 is 0 Å². The second-order valence-corrected chi connectivity index (χ2v) is 6.61. The highest BCUT2D eigenvalue weighted by molar-refractivity contribution is 5.84. The quantitative estimate of drug-likeness (QED) is 0.907. The zero-order chi connectivity index (χ0) is 14.8. The zero-order valence-electron chi connectivity index (χ0n) is 13.0. The number of piperidine rings is 1. The molecule has 1 saturated heterocycles. The van der Waals surface area contributed by atoms with Crippen LogP contribution in [0, 0.1) is 11.8 Å². The molecule has 0 aliphatic carbocycles. The van der Waals surface area contributed by atoms with Gasteiger partial charge in [0, 0.05) is 26.2 Å². The molecule has 2 unspecified atom stereocenters. The van der Waals surface area contributed by atoms with Crippen LogP contribution in [0.5, 0.6) is 0 Å². The fraction of sp³-hybridized carbons (Fsp3) is 0.588. The number of hydrogen-bond donors (Lipinski definition) is 1. The van der Waals surface area contributed by atoms with Crippen molar-refractivity contribution in [2.75, 3.05) is 42.9 Å². The number of hydrogen-bond acceptors (Lipinski definition) is 3. The number of carbonyl (C=O) groups excluding carboxylic acids is 1. The molecule has 4 heteroatoms. The molecule has 1 aromatic carbocycles. The molecule has 1 amide bonds. The first-order valence-corrected chi connectivity index (χ1v) is 7.99. The molecule has 1 fully saturated rings. The maximum Gasteiger partial charge on any atom is 0.242 e. The van der Waals surface area contributed by atoms with Gasteiger partial charge in [0.1, 0.15) is 0 Å². The summed E-state index contributed by atoms with van der Waals surface area (Å²) in [4.78, 5) is 16.9. The van der Waals surface area contributed by atoms with Gasteiger partial charge in [-0.15, -0.1) is 0 Å². The molecule has 0 bridgehead atoms. The van der Waals surface area contributed by atoms with Crippen LogP contribution < -0.4 is 10.2 Å². The van der Waals surface area contributed by atoms with Crippen molar-refractivity contribution in [3.63, 3.8) is 0 Å². The molecule has 1 aromatic rings. The minimum atomic E-state index is 0.269.